The Labute approximate surface area is 262 Å². The first kappa shape index (κ1) is 36.8. The number of amidine groups is 1. The van der Waals surface area contributed by atoms with Gasteiger partial charge in [0.2, 0.25) is 0 Å². The number of nitriles is 1. The first-order chi connectivity index (χ1) is 21.5. The number of rotatable bonds is 12. The van der Waals surface area contributed by atoms with E-state index in [1.165, 1.54) is 24.3 Å². The number of hydrazine groups is 1. The van der Waals surface area contributed by atoms with Gasteiger partial charge in [-0.25, -0.2) is 13.2 Å². The number of amides is 1. The number of hydrogen-bond donors (Lipinski definition) is 6. The average molecular weight is 665 g/mol. The minimum atomic E-state index is -5.08. The minimum absolute atomic E-state index is 0.104. The van der Waals surface area contributed by atoms with E-state index in [0.717, 1.165) is 0 Å². The van der Waals surface area contributed by atoms with Gasteiger partial charge in [0.25, 0.3) is 15.9 Å². The molecule has 0 saturated carbocycles. The highest BCUT2D eigenvalue weighted by Gasteiger charge is 2.38. The summed E-state index contributed by atoms with van der Waals surface area (Å²) >= 11 is 0. The van der Waals surface area contributed by atoms with Crippen LogP contribution in [0.25, 0.3) is 0 Å². The van der Waals surface area contributed by atoms with Gasteiger partial charge in [-0.2, -0.15) is 18.4 Å². The number of ether oxygens (including phenoxy) is 2. The minimum Gasteiger partial charge on any atom is -0.490 e. The molecule has 0 fully saturated rings. The Balaban J connectivity index is 0.000000942. The van der Waals surface area contributed by atoms with E-state index in [1.54, 1.807) is 42.5 Å². The van der Waals surface area contributed by atoms with Crippen LogP contribution in [0, 0.1) is 16.7 Å². The summed E-state index contributed by atoms with van der Waals surface area (Å²) in [5, 5.41) is 26.9. The van der Waals surface area contributed by atoms with Crippen molar-refractivity contribution in [3.63, 3.8) is 0 Å². The number of aliphatic carboxylic acids is 1. The molecule has 0 radical (unpaired) electrons. The number of nitrogens with one attached hydrogen (secondary N) is 4. The fourth-order valence-corrected chi connectivity index (χ4v) is 4.41. The molecule has 7 N–H and O–H groups in total. The molecule has 0 spiro atoms. The van der Waals surface area contributed by atoms with E-state index < -0.39 is 34.1 Å². The maximum absolute atomic E-state index is 13.4. The number of nitrogen functional groups attached to an aromatic ring is 1. The molecule has 1 atom stereocenters. The molecule has 1 amide bonds. The van der Waals surface area contributed by atoms with Crippen LogP contribution in [0.4, 0.5) is 18.9 Å². The summed E-state index contributed by atoms with van der Waals surface area (Å²) in [6, 6.07) is 17.7. The summed E-state index contributed by atoms with van der Waals surface area (Å²) in [5.74, 6) is -2.66. The lowest BCUT2D eigenvalue weighted by atomic mass is 10.0. The van der Waals surface area contributed by atoms with Crippen LogP contribution in [-0.4, -0.2) is 50.1 Å². The highest BCUT2D eigenvalue weighted by atomic mass is 32.2. The van der Waals surface area contributed by atoms with E-state index in [-0.39, 0.29) is 22.4 Å². The molecule has 3 aromatic rings. The highest BCUT2D eigenvalue weighted by molar-refractivity contribution is 7.89. The number of sulfonamides is 1. The smallest absolute Gasteiger partial charge is 0.490 e. The van der Waals surface area contributed by atoms with Crippen molar-refractivity contribution in [1.29, 1.82) is 10.7 Å². The van der Waals surface area contributed by atoms with Crippen molar-refractivity contribution in [2.75, 3.05) is 11.9 Å². The van der Waals surface area contributed by atoms with Gasteiger partial charge >= 0.3 is 12.1 Å². The lowest BCUT2D eigenvalue weighted by Gasteiger charge is -2.22. The SMILES string of the molecule is CCOc1cc(C(Nc2ccc(C(=N)N)cc2)C(=O)NNS(=O)(=O)c2cccc(C#N)c2)ccc1OC(C)C.O=C(O)C(F)(F)F. The monoisotopic (exact) mass is 664 g/mol. The largest absolute Gasteiger partial charge is 0.490 e. The normalized spacial score (nSPS) is 11.7. The van der Waals surface area contributed by atoms with Crippen molar-refractivity contribution in [1.82, 2.24) is 10.3 Å². The van der Waals surface area contributed by atoms with Crippen molar-refractivity contribution in [3.8, 4) is 17.6 Å². The number of carboxylic acid groups (broad SMARTS) is 1. The number of nitrogens with two attached hydrogens (primary N) is 1. The van der Waals surface area contributed by atoms with Gasteiger partial charge in [-0.05, 0) is 80.9 Å². The van der Waals surface area contributed by atoms with Crippen LogP contribution in [0.5, 0.6) is 11.5 Å². The third-order valence-corrected chi connectivity index (χ3v) is 6.80. The molecule has 246 valence electrons. The van der Waals surface area contributed by atoms with Crippen LogP contribution in [0.2, 0.25) is 0 Å². The van der Waals surface area contributed by atoms with Gasteiger partial charge < -0.3 is 25.6 Å². The fraction of sp³-hybridized carbons (Fsp3) is 0.241. The standard InChI is InChI=1S/C27H30N6O5S.C2HF3O2/c1-4-37-24-15-20(10-13-23(24)38-17(2)3)25(31-21-11-8-19(9-12-21)26(29)30)27(34)32-33-39(35,36)22-7-5-6-18(14-22)16-28;3-2(4,5)1(6)7/h5-15,17,25,31,33H,4H2,1-3H3,(H3,29,30)(H,32,34);(H,6,7). The van der Waals surface area contributed by atoms with E-state index in [1.807, 2.05) is 26.8 Å². The second-order valence-electron chi connectivity index (χ2n) is 9.41. The first-order valence-electron chi connectivity index (χ1n) is 13.2. The van der Waals surface area contributed by atoms with Gasteiger partial charge in [-0.15, -0.1) is 4.83 Å². The Hall–Kier alpha value is -5.34. The molecule has 46 heavy (non-hydrogen) atoms. The van der Waals surface area contributed by atoms with Crippen molar-refractivity contribution in [2.45, 2.75) is 44.0 Å². The van der Waals surface area contributed by atoms with Crippen molar-refractivity contribution < 1.29 is 45.8 Å². The van der Waals surface area contributed by atoms with Gasteiger partial charge in [0, 0.05) is 11.3 Å². The maximum Gasteiger partial charge on any atom is 0.490 e. The highest BCUT2D eigenvalue weighted by Crippen LogP contribution is 2.33. The molecule has 0 aromatic heterocycles. The Bertz CT molecular complexity index is 1690. The first-order valence-corrected chi connectivity index (χ1v) is 14.7. The van der Waals surface area contributed by atoms with Crippen molar-refractivity contribution in [2.24, 2.45) is 5.73 Å². The van der Waals surface area contributed by atoms with E-state index in [9.17, 15) is 26.4 Å². The number of alkyl halides is 3. The quantitative estimate of drug-likeness (QED) is 0.0934. The number of anilines is 1. The van der Waals surface area contributed by atoms with Crippen LogP contribution < -0.4 is 30.8 Å². The molecule has 1 unspecified atom stereocenters. The molecule has 0 aliphatic carbocycles. The molecule has 0 aliphatic rings. The third-order valence-electron chi connectivity index (χ3n) is 5.56. The van der Waals surface area contributed by atoms with Gasteiger partial charge in [0.1, 0.15) is 11.9 Å². The zero-order chi connectivity index (χ0) is 34.7. The number of hydrogen-bond acceptors (Lipinski definition) is 9. The van der Waals surface area contributed by atoms with Gasteiger partial charge in [0.15, 0.2) is 11.5 Å². The summed E-state index contributed by atoms with van der Waals surface area (Å²) in [4.78, 5) is 24.2. The van der Waals surface area contributed by atoms with E-state index >= 15 is 0 Å². The van der Waals surface area contributed by atoms with Crippen LogP contribution in [0.1, 0.15) is 43.5 Å². The predicted octanol–water partition coefficient (Wildman–Crippen LogP) is 3.82. The molecule has 0 saturated heterocycles. The zero-order valence-electron chi connectivity index (χ0n) is 24.7. The zero-order valence-corrected chi connectivity index (χ0v) is 25.5. The van der Waals surface area contributed by atoms with Gasteiger partial charge in [-0.1, -0.05) is 12.1 Å². The summed E-state index contributed by atoms with van der Waals surface area (Å²) in [6.07, 6.45) is -5.19. The molecular formula is C29H31F3N6O7S. The van der Waals surface area contributed by atoms with Crippen molar-refractivity contribution in [3.05, 3.63) is 83.4 Å². The lowest BCUT2D eigenvalue weighted by Crippen LogP contribution is -2.45. The Morgan fingerprint density at radius 2 is 1.70 bits per heavy atom. The van der Waals surface area contributed by atoms with E-state index in [2.05, 4.69) is 15.6 Å². The van der Waals surface area contributed by atoms with Gasteiger partial charge in [-0.3, -0.25) is 15.6 Å². The maximum atomic E-state index is 13.4. The Morgan fingerprint density at radius 3 is 2.22 bits per heavy atom. The Morgan fingerprint density at radius 1 is 1.07 bits per heavy atom. The van der Waals surface area contributed by atoms with Crippen LogP contribution >= 0.6 is 0 Å². The van der Waals surface area contributed by atoms with Crippen LogP contribution in [0.3, 0.4) is 0 Å². The molecule has 3 rings (SSSR count). The summed E-state index contributed by atoms with van der Waals surface area (Å²) in [7, 11) is -4.17. The van der Waals surface area contributed by atoms with Crippen LogP contribution in [-0.2, 0) is 19.6 Å². The summed E-state index contributed by atoms with van der Waals surface area (Å²) in [5.41, 5.74) is 9.44. The second-order valence-corrected chi connectivity index (χ2v) is 11.1. The fourth-order valence-electron chi connectivity index (χ4n) is 3.52. The number of carbonyl (C=O) groups excluding carboxylic acids is 1. The van der Waals surface area contributed by atoms with Crippen LogP contribution in [0.15, 0.2) is 71.6 Å². The summed E-state index contributed by atoms with van der Waals surface area (Å²) < 4.78 is 68.9. The molecule has 17 heteroatoms. The summed E-state index contributed by atoms with van der Waals surface area (Å²) in [6.45, 7) is 5.94. The lowest BCUT2D eigenvalue weighted by molar-refractivity contribution is -0.192. The second kappa shape index (κ2) is 16.1. The Kier molecular flexibility index (Phi) is 12.9. The average Bonchev–Trinajstić information content (AvgIpc) is 2.99. The number of halogens is 3. The predicted molar refractivity (Wildman–Crippen MR) is 161 cm³/mol. The van der Waals surface area contributed by atoms with E-state index in [0.29, 0.717) is 34.9 Å². The molecule has 13 nitrogen and oxygen atoms in total. The molecule has 0 aliphatic heterocycles. The number of carbonyl (C=O) groups is 2. The third kappa shape index (κ3) is 11.0. The number of carboxylic acids is 1. The van der Waals surface area contributed by atoms with E-state index in [4.69, 9.17) is 35.8 Å². The molecular weight excluding hydrogens is 633 g/mol. The number of nitrogens with zero attached hydrogens (tertiary/aromatic N) is 1. The topological polar surface area (TPSA) is 217 Å². The van der Waals surface area contributed by atoms with Gasteiger partial charge in [0.05, 0.1) is 29.2 Å². The number of benzene rings is 3. The molecule has 0 bridgehead atoms. The molecule has 0 heterocycles. The van der Waals surface area contributed by atoms with Crippen molar-refractivity contribution >= 4 is 33.4 Å². The molecule has 3 aromatic carbocycles.